The van der Waals surface area contributed by atoms with Gasteiger partial charge in [0.25, 0.3) is 0 Å². The summed E-state index contributed by atoms with van der Waals surface area (Å²) < 4.78 is 49.7. The normalized spacial score (nSPS) is 30.2. The number of carbonyl (C=O) groups excluding carboxylic acids is 1. The molecule has 8 heteroatoms. The van der Waals surface area contributed by atoms with Crippen LogP contribution < -0.4 is 4.74 Å². The van der Waals surface area contributed by atoms with Gasteiger partial charge < -0.3 is 9.47 Å². The molecule has 0 aliphatic carbocycles. The van der Waals surface area contributed by atoms with Crippen LogP contribution in [0.4, 0.5) is 13.2 Å². The summed E-state index contributed by atoms with van der Waals surface area (Å²) in [5.74, 6) is -1.47. The van der Waals surface area contributed by atoms with E-state index in [4.69, 9.17) is 9.47 Å². The average Bonchev–Trinajstić information content (AvgIpc) is 2.69. The largest absolute Gasteiger partial charge is 0.490 e. The van der Waals surface area contributed by atoms with Gasteiger partial charge in [-0.15, -0.1) is 0 Å². The van der Waals surface area contributed by atoms with Gasteiger partial charge in [0.05, 0.1) is 0 Å². The molecule has 3 rings (SSSR count). The van der Waals surface area contributed by atoms with Gasteiger partial charge in [0.15, 0.2) is 5.72 Å². The number of piperidine rings is 1. The molecular formula is C16H17F3INO3. The summed E-state index contributed by atoms with van der Waals surface area (Å²) in [6.07, 6.45) is -3.26. The molecule has 2 aliphatic heterocycles. The van der Waals surface area contributed by atoms with Crippen molar-refractivity contribution < 1.29 is 27.4 Å². The molecule has 1 unspecified atom stereocenters. The van der Waals surface area contributed by atoms with Crippen LogP contribution >= 0.6 is 22.6 Å². The molecule has 4 nitrogen and oxygen atoms in total. The minimum absolute atomic E-state index is 0.0497. The lowest BCUT2D eigenvalue weighted by molar-refractivity contribution is -0.235. The lowest BCUT2D eigenvalue weighted by Gasteiger charge is -2.44. The number of hydrogen-bond acceptors (Lipinski definition) is 4. The molecule has 2 bridgehead atoms. The summed E-state index contributed by atoms with van der Waals surface area (Å²) in [5.41, 5.74) is -1.23. The quantitative estimate of drug-likeness (QED) is 0.515. The summed E-state index contributed by atoms with van der Waals surface area (Å²) in [7, 11) is 1.71. The van der Waals surface area contributed by atoms with Crippen molar-refractivity contribution in [2.24, 2.45) is 0 Å². The zero-order valence-electron chi connectivity index (χ0n) is 13.0. The molecule has 0 saturated carbocycles. The van der Waals surface area contributed by atoms with Gasteiger partial charge in [-0.1, -0.05) is 0 Å². The zero-order chi connectivity index (χ0) is 17.5. The molecular weight excluding hydrogens is 438 g/mol. The molecule has 132 valence electrons. The zero-order valence-corrected chi connectivity index (χ0v) is 15.1. The van der Waals surface area contributed by atoms with Crippen LogP contribution in [0.2, 0.25) is 0 Å². The maximum atomic E-state index is 12.6. The van der Waals surface area contributed by atoms with Crippen LogP contribution in [0.1, 0.15) is 25.7 Å². The summed E-state index contributed by atoms with van der Waals surface area (Å²) >= 11 is 2.18. The number of esters is 1. The van der Waals surface area contributed by atoms with Crippen molar-refractivity contribution in [2.45, 2.75) is 49.7 Å². The van der Waals surface area contributed by atoms with E-state index in [0.29, 0.717) is 25.0 Å². The second kappa shape index (κ2) is 6.36. The second-order valence-corrected chi connectivity index (χ2v) is 7.52. The van der Waals surface area contributed by atoms with Crippen molar-refractivity contribution in [3.05, 3.63) is 27.8 Å². The molecule has 1 aromatic rings. The monoisotopic (exact) mass is 455 g/mol. The number of hydrogen-bond donors (Lipinski definition) is 0. The van der Waals surface area contributed by atoms with Gasteiger partial charge in [0.2, 0.25) is 0 Å². The van der Waals surface area contributed by atoms with Gasteiger partial charge in [0, 0.05) is 28.9 Å². The Morgan fingerprint density at radius 3 is 2.62 bits per heavy atom. The van der Waals surface area contributed by atoms with Crippen LogP contribution in [-0.2, 0) is 9.53 Å². The van der Waals surface area contributed by atoms with Crippen molar-refractivity contribution in [2.75, 3.05) is 7.05 Å². The highest BCUT2D eigenvalue weighted by Gasteiger charge is 2.56. The van der Waals surface area contributed by atoms with Gasteiger partial charge >= 0.3 is 12.1 Å². The van der Waals surface area contributed by atoms with Crippen molar-refractivity contribution in [1.29, 1.82) is 0 Å². The third-order valence-electron chi connectivity index (χ3n) is 4.77. The van der Waals surface area contributed by atoms with E-state index >= 15 is 0 Å². The lowest BCUT2D eigenvalue weighted by atomic mass is 9.97. The van der Waals surface area contributed by atoms with E-state index in [1.165, 1.54) is 0 Å². The van der Waals surface area contributed by atoms with Gasteiger partial charge in [-0.05, 0) is 60.3 Å². The number of carbonyl (C=O) groups is 1. The summed E-state index contributed by atoms with van der Waals surface area (Å²) in [4.78, 5) is 13.1. The summed E-state index contributed by atoms with van der Waals surface area (Å²) in [6, 6.07) is 7.51. The van der Waals surface area contributed by atoms with Crippen LogP contribution in [0.5, 0.6) is 5.75 Å². The van der Waals surface area contributed by atoms with E-state index in [-0.39, 0.29) is 18.6 Å². The van der Waals surface area contributed by atoms with Crippen LogP contribution in [0.25, 0.3) is 0 Å². The fraction of sp³-hybridized carbons (Fsp3) is 0.562. The van der Waals surface area contributed by atoms with E-state index in [2.05, 4.69) is 22.6 Å². The molecule has 2 heterocycles. The average molecular weight is 455 g/mol. The molecule has 2 aliphatic rings. The Balaban J connectivity index is 1.74. The van der Waals surface area contributed by atoms with Gasteiger partial charge in [-0.3, -0.25) is 4.90 Å². The fourth-order valence-electron chi connectivity index (χ4n) is 3.55. The van der Waals surface area contributed by atoms with E-state index in [0.717, 1.165) is 3.57 Å². The maximum absolute atomic E-state index is 12.6. The summed E-state index contributed by atoms with van der Waals surface area (Å²) in [6.45, 7) is 0. The van der Waals surface area contributed by atoms with Crippen LogP contribution in [0.3, 0.4) is 0 Å². The predicted molar refractivity (Wildman–Crippen MR) is 88.5 cm³/mol. The molecule has 3 atom stereocenters. The smallest absolute Gasteiger partial charge is 0.490 e. The molecule has 0 aromatic heterocycles. The van der Waals surface area contributed by atoms with Crippen LogP contribution in [0, 0.1) is 3.57 Å². The molecule has 0 spiro atoms. The fourth-order valence-corrected chi connectivity index (χ4v) is 3.91. The topological polar surface area (TPSA) is 38.8 Å². The van der Waals surface area contributed by atoms with E-state index in [9.17, 15) is 18.0 Å². The first-order valence-corrected chi connectivity index (χ1v) is 8.73. The van der Waals surface area contributed by atoms with Crippen LogP contribution in [-0.4, -0.2) is 42.0 Å². The highest BCUT2D eigenvalue weighted by Crippen LogP contribution is 2.45. The third kappa shape index (κ3) is 3.49. The minimum atomic E-state index is -4.99. The number of alkyl halides is 3. The molecule has 0 amide bonds. The molecule has 2 fully saturated rings. The molecule has 24 heavy (non-hydrogen) atoms. The van der Waals surface area contributed by atoms with Crippen molar-refractivity contribution in [3.8, 4) is 5.75 Å². The first-order valence-electron chi connectivity index (χ1n) is 7.65. The SMILES string of the molecule is CN1[C@H]2CC[C@@]1(OC(=O)C(F)(F)F)CC(Oc1ccc(I)cc1)C2. The van der Waals surface area contributed by atoms with Gasteiger partial charge in [-0.25, -0.2) is 4.79 Å². The first kappa shape index (κ1) is 17.8. The Morgan fingerprint density at radius 2 is 2.00 bits per heavy atom. The molecule has 0 radical (unpaired) electrons. The van der Waals surface area contributed by atoms with E-state index in [1.54, 1.807) is 11.9 Å². The van der Waals surface area contributed by atoms with E-state index < -0.39 is 17.9 Å². The number of fused-ring (bicyclic) bond motifs is 2. The Morgan fingerprint density at radius 1 is 1.33 bits per heavy atom. The number of benzene rings is 1. The Hall–Kier alpha value is -1.03. The number of ether oxygens (including phenoxy) is 2. The highest BCUT2D eigenvalue weighted by molar-refractivity contribution is 14.1. The third-order valence-corrected chi connectivity index (χ3v) is 5.49. The Labute approximate surface area is 151 Å². The summed E-state index contributed by atoms with van der Waals surface area (Å²) in [5, 5.41) is 0. The van der Waals surface area contributed by atoms with Crippen molar-refractivity contribution >= 4 is 28.6 Å². The molecule has 0 N–H and O–H groups in total. The number of rotatable bonds is 3. The highest BCUT2D eigenvalue weighted by atomic mass is 127. The Kier molecular flexibility index (Phi) is 4.71. The predicted octanol–water partition coefficient (Wildman–Crippen LogP) is 3.73. The maximum Gasteiger partial charge on any atom is 0.490 e. The van der Waals surface area contributed by atoms with E-state index in [1.807, 2.05) is 24.3 Å². The van der Waals surface area contributed by atoms with Gasteiger partial charge in [0.1, 0.15) is 11.9 Å². The van der Waals surface area contributed by atoms with Crippen LogP contribution in [0.15, 0.2) is 24.3 Å². The number of halogens is 4. The minimum Gasteiger partial charge on any atom is -0.490 e. The Bertz CT molecular complexity index is 622. The van der Waals surface area contributed by atoms with Crippen molar-refractivity contribution in [3.63, 3.8) is 0 Å². The van der Waals surface area contributed by atoms with Crippen molar-refractivity contribution in [1.82, 2.24) is 4.90 Å². The first-order chi connectivity index (χ1) is 11.2. The second-order valence-electron chi connectivity index (χ2n) is 6.27. The van der Waals surface area contributed by atoms with Gasteiger partial charge in [-0.2, -0.15) is 13.2 Å². The molecule has 1 aromatic carbocycles. The standard InChI is InChI=1S/C16H17F3INO3/c1-21-11-6-7-15(21,24-14(22)16(17,18)19)9-13(8-11)23-12-4-2-10(20)3-5-12/h2-5,11,13H,6-9H2,1H3/t11-,13?,15+/m0/s1. The number of nitrogens with zero attached hydrogens (tertiary/aromatic N) is 1. The molecule has 2 saturated heterocycles. The lowest BCUT2D eigenvalue weighted by Crippen LogP contribution is -2.56.